The van der Waals surface area contributed by atoms with Gasteiger partial charge in [0.1, 0.15) is 6.04 Å². The van der Waals surface area contributed by atoms with Gasteiger partial charge in [0.25, 0.3) is 0 Å². The van der Waals surface area contributed by atoms with Crippen molar-refractivity contribution in [2.24, 2.45) is 0 Å². The van der Waals surface area contributed by atoms with Crippen LogP contribution >= 0.6 is 0 Å². The molecule has 1 heterocycles. The second kappa shape index (κ2) is 10.4. The fourth-order valence-electron chi connectivity index (χ4n) is 4.29. The van der Waals surface area contributed by atoms with Gasteiger partial charge in [-0.1, -0.05) is 6.07 Å². The minimum absolute atomic E-state index is 0.0559. The molecule has 30 heavy (non-hydrogen) atoms. The Kier molecular flexibility index (Phi) is 7.65. The molecule has 0 radical (unpaired) electrons. The number of hydrogen-bond donors (Lipinski definition) is 1. The smallest absolute Gasteiger partial charge is 0.410 e. The van der Waals surface area contributed by atoms with Crippen molar-refractivity contribution in [3.05, 3.63) is 18.2 Å². The summed E-state index contributed by atoms with van der Waals surface area (Å²) in [6.45, 7) is 0.563. The normalized spacial score (nSPS) is 24.0. The van der Waals surface area contributed by atoms with Crippen LogP contribution in [0.5, 0.6) is 17.2 Å². The Bertz CT molecular complexity index is 732. The number of methoxy groups -OCH3 is 3. The van der Waals surface area contributed by atoms with Crippen molar-refractivity contribution in [3.63, 3.8) is 0 Å². The lowest BCUT2D eigenvalue weighted by Gasteiger charge is -2.35. The Morgan fingerprint density at radius 1 is 0.967 bits per heavy atom. The lowest BCUT2D eigenvalue weighted by Crippen LogP contribution is -2.54. The van der Waals surface area contributed by atoms with Crippen LogP contribution in [0.15, 0.2) is 18.2 Å². The van der Waals surface area contributed by atoms with E-state index in [1.807, 2.05) is 18.2 Å². The predicted molar refractivity (Wildman–Crippen MR) is 111 cm³/mol. The van der Waals surface area contributed by atoms with E-state index in [4.69, 9.17) is 18.9 Å². The minimum atomic E-state index is -0.443. The number of ether oxygens (including phenoxy) is 4. The molecule has 1 saturated carbocycles. The van der Waals surface area contributed by atoms with Gasteiger partial charge in [-0.25, -0.2) is 4.79 Å². The number of para-hydroxylation sites is 1. The average Bonchev–Trinajstić information content (AvgIpc) is 2.79. The van der Waals surface area contributed by atoms with E-state index in [-0.39, 0.29) is 18.1 Å². The van der Waals surface area contributed by atoms with Gasteiger partial charge in [-0.3, -0.25) is 9.69 Å². The molecule has 1 atom stereocenters. The van der Waals surface area contributed by atoms with Gasteiger partial charge in [0.2, 0.25) is 11.7 Å². The maximum atomic E-state index is 12.8. The molecule has 1 aliphatic heterocycles. The van der Waals surface area contributed by atoms with Crippen LogP contribution in [-0.2, 0) is 9.53 Å². The average molecular weight is 421 g/mol. The van der Waals surface area contributed by atoms with Gasteiger partial charge in [0.15, 0.2) is 11.5 Å². The van der Waals surface area contributed by atoms with Crippen LogP contribution in [0.2, 0.25) is 0 Å². The summed E-state index contributed by atoms with van der Waals surface area (Å²) in [5.41, 5.74) is 0. The number of amides is 2. The molecule has 3 rings (SSSR count). The highest BCUT2D eigenvalue weighted by atomic mass is 16.5. The summed E-state index contributed by atoms with van der Waals surface area (Å²) in [5, 5.41) is 3.13. The molecule has 2 aliphatic rings. The largest absolute Gasteiger partial charge is 0.493 e. The third kappa shape index (κ3) is 5.09. The first-order chi connectivity index (χ1) is 14.6. The second-order valence-electron chi connectivity index (χ2n) is 7.77. The zero-order chi connectivity index (χ0) is 21.5. The number of piperidine rings is 1. The lowest BCUT2D eigenvalue weighted by atomic mass is 9.92. The van der Waals surface area contributed by atoms with Gasteiger partial charge >= 0.3 is 6.09 Å². The van der Waals surface area contributed by atoms with Crippen molar-refractivity contribution in [2.75, 3.05) is 27.9 Å². The zero-order valence-electron chi connectivity index (χ0n) is 18.0. The van der Waals surface area contributed by atoms with Gasteiger partial charge < -0.3 is 24.3 Å². The Morgan fingerprint density at radius 2 is 1.70 bits per heavy atom. The molecular formula is C22H32N2O6. The Morgan fingerprint density at radius 3 is 2.37 bits per heavy atom. The molecule has 1 aromatic rings. The van der Waals surface area contributed by atoms with E-state index in [0.717, 1.165) is 38.5 Å². The lowest BCUT2D eigenvalue weighted by molar-refractivity contribution is -0.128. The molecule has 1 aliphatic carbocycles. The molecule has 1 aromatic carbocycles. The monoisotopic (exact) mass is 420 g/mol. The van der Waals surface area contributed by atoms with E-state index in [9.17, 15) is 9.59 Å². The van der Waals surface area contributed by atoms with Crippen LogP contribution in [-0.4, -0.2) is 63.0 Å². The van der Waals surface area contributed by atoms with E-state index in [2.05, 4.69) is 5.32 Å². The summed E-state index contributed by atoms with van der Waals surface area (Å²) in [7, 11) is 4.55. The summed E-state index contributed by atoms with van der Waals surface area (Å²) < 4.78 is 21.8. The van der Waals surface area contributed by atoms with Gasteiger partial charge in [-0.15, -0.1) is 0 Å². The first-order valence-corrected chi connectivity index (χ1v) is 10.6. The summed E-state index contributed by atoms with van der Waals surface area (Å²) in [6.07, 6.45) is 5.45. The minimum Gasteiger partial charge on any atom is -0.493 e. The molecule has 166 valence electrons. The summed E-state index contributed by atoms with van der Waals surface area (Å²) in [6, 6.07) is 5.23. The molecule has 1 unspecified atom stereocenters. The highest BCUT2D eigenvalue weighted by Gasteiger charge is 2.34. The van der Waals surface area contributed by atoms with E-state index in [0.29, 0.717) is 30.2 Å². The van der Waals surface area contributed by atoms with Crippen LogP contribution in [0, 0.1) is 0 Å². The van der Waals surface area contributed by atoms with Crippen molar-refractivity contribution in [1.82, 2.24) is 10.2 Å². The summed E-state index contributed by atoms with van der Waals surface area (Å²) in [4.78, 5) is 26.3. The summed E-state index contributed by atoms with van der Waals surface area (Å²) in [5.74, 6) is 1.81. The number of likely N-dealkylation sites (tertiary alicyclic amines) is 1. The molecule has 2 amide bonds. The predicted octanol–water partition coefficient (Wildman–Crippen LogP) is 3.13. The van der Waals surface area contributed by atoms with Gasteiger partial charge in [-0.2, -0.15) is 0 Å². The Labute approximate surface area is 177 Å². The van der Waals surface area contributed by atoms with E-state index in [1.165, 1.54) is 7.11 Å². The molecule has 0 bridgehead atoms. The maximum Gasteiger partial charge on any atom is 0.410 e. The quantitative estimate of drug-likeness (QED) is 0.761. The van der Waals surface area contributed by atoms with Crippen molar-refractivity contribution in [3.8, 4) is 17.2 Å². The van der Waals surface area contributed by atoms with E-state index in [1.54, 1.807) is 19.1 Å². The Balaban J connectivity index is 1.52. The number of benzene rings is 1. The molecule has 0 aromatic heterocycles. The van der Waals surface area contributed by atoms with E-state index < -0.39 is 12.1 Å². The molecule has 8 heteroatoms. The number of carbonyl (C=O) groups excluding carboxylic acids is 2. The van der Waals surface area contributed by atoms with Gasteiger partial charge in [0.05, 0.1) is 27.4 Å². The van der Waals surface area contributed by atoms with Gasteiger partial charge in [0, 0.05) is 12.6 Å². The zero-order valence-corrected chi connectivity index (χ0v) is 18.0. The van der Waals surface area contributed by atoms with Crippen LogP contribution in [0.3, 0.4) is 0 Å². The molecule has 2 fully saturated rings. The number of rotatable bonds is 6. The maximum absolute atomic E-state index is 12.8. The summed E-state index contributed by atoms with van der Waals surface area (Å²) >= 11 is 0. The second-order valence-corrected chi connectivity index (χ2v) is 7.77. The third-order valence-electron chi connectivity index (χ3n) is 5.90. The topological polar surface area (TPSA) is 86.3 Å². The Hall–Kier alpha value is -2.64. The first-order valence-electron chi connectivity index (χ1n) is 10.6. The van der Waals surface area contributed by atoms with Crippen LogP contribution in [0.25, 0.3) is 0 Å². The standard InChI is InChI=1S/C22H32N2O6/c1-27-18-8-6-9-19(20(18)28-2)30-16-12-10-15(11-13-16)23-21(25)17-7-4-5-14-24(17)22(26)29-3/h6,8-9,15-17H,4-5,7,10-14H2,1-3H3,(H,23,25). The molecular weight excluding hydrogens is 388 g/mol. The first kappa shape index (κ1) is 22.1. The van der Waals surface area contributed by atoms with Crippen molar-refractivity contribution < 1.29 is 28.5 Å². The SMILES string of the molecule is COC(=O)N1CCCCC1C(=O)NC1CCC(Oc2cccc(OC)c2OC)CC1. The van der Waals surface area contributed by atoms with E-state index >= 15 is 0 Å². The number of carbonyl (C=O) groups is 2. The van der Waals surface area contributed by atoms with Crippen LogP contribution in [0.1, 0.15) is 44.9 Å². The molecule has 1 saturated heterocycles. The van der Waals surface area contributed by atoms with Crippen molar-refractivity contribution in [1.29, 1.82) is 0 Å². The van der Waals surface area contributed by atoms with Crippen LogP contribution < -0.4 is 19.5 Å². The third-order valence-corrected chi connectivity index (χ3v) is 5.90. The number of hydrogen-bond acceptors (Lipinski definition) is 6. The van der Waals surface area contributed by atoms with Crippen molar-refractivity contribution >= 4 is 12.0 Å². The van der Waals surface area contributed by atoms with Crippen LogP contribution in [0.4, 0.5) is 4.79 Å². The highest BCUT2D eigenvalue weighted by Crippen LogP contribution is 2.38. The van der Waals surface area contributed by atoms with Crippen molar-refractivity contribution in [2.45, 2.75) is 63.1 Å². The number of nitrogens with zero attached hydrogens (tertiary/aromatic N) is 1. The van der Waals surface area contributed by atoms with Gasteiger partial charge in [-0.05, 0) is 57.1 Å². The fraction of sp³-hybridized carbons (Fsp3) is 0.636. The number of nitrogens with one attached hydrogen (secondary N) is 1. The molecule has 8 nitrogen and oxygen atoms in total. The molecule has 1 N–H and O–H groups in total. The molecule has 0 spiro atoms. The highest BCUT2D eigenvalue weighted by molar-refractivity contribution is 5.86. The fourth-order valence-corrected chi connectivity index (χ4v) is 4.29.